The Labute approximate surface area is 116 Å². The van der Waals surface area contributed by atoms with Gasteiger partial charge >= 0.3 is 6.18 Å². The molecular weight excluding hydrogens is 277 g/mol. The van der Waals surface area contributed by atoms with Crippen molar-refractivity contribution in [2.45, 2.75) is 19.1 Å². The van der Waals surface area contributed by atoms with Gasteiger partial charge in [0.25, 0.3) is 0 Å². The number of rotatable bonds is 6. The molecule has 20 heavy (non-hydrogen) atoms. The molecule has 2 N–H and O–H groups in total. The van der Waals surface area contributed by atoms with Crippen molar-refractivity contribution in [2.24, 2.45) is 4.99 Å². The van der Waals surface area contributed by atoms with Gasteiger partial charge < -0.3 is 20.3 Å². The molecule has 0 aromatic heterocycles. The zero-order valence-corrected chi connectivity index (χ0v) is 12.0. The Morgan fingerprint density at radius 1 is 1.45 bits per heavy atom. The molecule has 118 valence electrons. The van der Waals surface area contributed by atoms with Crippen molar-refractivity contribution < 1.29 is 22.7 Å². The molecule has 0 bridgehead atoms. The molecule has 9 heteroatoms. The van der Waals surface area contributed by atoms with Gasteiger partial charge in [-0.2, -0.15) is 13.2 Å². The van der Waals surface area contributed by atoms with Gasteiger partial charge in [-0.25, -0.2) is 0 Å². The Balaban J connectivity index is 4.21. The first-order valence-electron chi connectivity index (χ1n) is 5.96. The molecule has 0 aromatic rings. The molecule has 0 rings (SSSR count). The summed E-state index contributed by atoms with van der Waals surface area (Å²) < 4.78 is 41.3. The second-order valence-electron chi connectivity index (χ2n) is 4.29. The number of aliphatic imine (C=N–C) groups is 1. The molecule has 0 aromatic carbocycles. The van der Waals surface area contributed by atoms with Gasteiger partial charge in [0.15, 0.2) is 5.96 Å². The fourth-order valence-corrected chi connectivity index (χ4v) is 1.37. The SMILES string of the molecule is CN=C(NCC(=O)N(C)CC(F)(F)F)NC(C)COC. The Hall–Kier alpha value is -1.51. The van der Waals surface area contributed by atoms with Crippen LogP contribution in [0, 0.1) is 0 Å². The summed E-state index contributed by atoms with van der Waals surface area (Å²) in [4.78, 5) is 16.0. The minimum atomic E-state index is -4.41. The number of nitrogens with one attached hydrogen (secondary N) is 2. The largest absolute Gasteiger partial charge is 0.406 e. The summed E-state index contributed by atoms with van der Waals surface area (Å²) in [6, 6.07) is -0.0470. The number of halogens is 3. The Kier molecular flexibility index (Phi) is 7.97. The van der Waals surface area contributed by atoms with Gasteiger partial charge in [0.1, 0.15) is 6.54 Å². The van der Waals surface area contributed by atoms with E-state index in [1.165, 1.54) is 7.05 Å². The third kappa shape index (κ3) is 8.57. The first-order chi connectivity index (χ1) is 9.19. The maximum Gasteiger partial charge on any atom is 0.406 e. The van der Waals surface area contributed by atoms with Crippen molar-refractivity contribution in [1.82, 2.24) is 15.5 Å². The van der Waals surface area contributed by atoms with E-state index >= 15 is 0 Å². The number of carbonyl (C=O) groups excluding carboxylic acids is 1. The average Bonchev–Trinajstić information content (AvgIpc) is 2.32. The summed E-state index contributed by atoms with van der Waals surface area (Å²) in [6.07, 6.45) is -4.41. The number of nitrogens with zero attached hydrogens (tertiary/aromatic N) is 2. The Bertz CT molecular complexity index is 334. The molecule has 0 heterocycles. The van der Waals surface area contributed by atoms with Crippen LogP contribution in [0.15, 0.2) is 4.99 Å². The van der Waals surface area contributed by atoms with Crippen molar-refractivity contribution >= 4 is 11.9 Å². The normalized spacial score (nSPS) is 13.8. The molecule has 0 saturated heterocycles. The van der Waals surface area contributed by atoms with Gasteiger partial charge in [-0.1, -0.05) is 0 Å². The van der Waals surface area contributed by atoms with Gasteiger partial charge in [-0.05, 0) is 6.92 Å². The topological polar surface area (TPSA) is 66.0 Å². The van der Waals surface area contributed by atoms with E-state index in [1.807, 2.05) is 6.92 Å². The van der Waals surface area contributed by atoms with E-state index in [9.17, 15) is 18.0 Å². The molecule has 0 aliphatic rings. The maximum atomic E-state index is 12.1. The van der Waals surface area contributed by atoms with Crippen LogP contribution in [0.5, 0.6) is 0 Å². The monoisotopic (exact) mass is 298 g/mol. The van der Waals surface area contributed by atoms with Crippen LogP contribution in [-0.2, 0) is 9.53 Å². The summed E-state index contributed by atoms with van der Waals surface area (Å²) in [5, 5.41) is 5.58. The molecule has 0 saturated carbocycles. The lowest BCUT2D eigenvalue weighted by Crippen LogP contribution is -2.48. The number of likely N-dealkylation sites (N-methyl/N-ethyl adjacent to an activating group) is 1. The predicted molar refractivity (Wildman–Crippen MR) is 69.5 cm³/mol. The smallest absolute Gasteiger partial charge is 0.383 e. The van der Waals surface area contributed by atoms with E-state index in [2.05, 4.69) is 15.6 Å². The van der Waals surface area contributed by atoms with E-state index in [4.69, 9.17) is 4.74 Å². The number of ether oxygens (including phenoxy) is 1. The van der Waals surface area contributed by atoms with Crippen LogP contribution in [0.2, 0.25) is 0 Å². The van der Waals surface area contributed by atoms with Crippen molar-refractivity contribution in [1.29, 1.82) is 0 Å². The van der Waals surface area contributed by atoms with Gasteiger partial charge in [0, 0.05) is 27.2 Å². The van der Waals surface area contributed by atoms with Crippen LogP contribution in [0.4, 0.5) is 13.2 Å². The molecule has 0 fully saturated rings. The maximum absolute atomic E-state index is 12.1. The van der Waals surface area contributed by atoms with Gasteiger partial charge in [0.05, 0.1) is 13.2 Å². The highest BCUT2D eigenvalue weighted by molar-refractivity contribution is 5.86. The fourth-order valence-electron chi connectivity index (χ4n) is 1.37. The van der Waals surface area contributed by atoms with Crippen LogP contribution < -0.4 is 10.6 Å². The number of carbonyl (C=O) groups is 1. The fraction of sp³-hybridized carbons (Fsp3) is 0.818. The van der Waals surface area contributed by atoms with E-state index < -0.39 is 18.6 Å². The molecule has 0 radical (unpaired) electrons. The van der Waals surface area contributed by atoms with Crippen molar-refractivity contribution in [3.8, 4) is 0 Å². The Morgan fingerprint density at radius 2 is 2.05 bits per heavy atom. The zero-order chi connectivity index (χ0) is 15.8. The highest BCUT2D eigenvalue weighted by Gasteiger charge is 2.31. The third-order valence-electron chi connectivity index (χ3n) is 2.27. The van der Waals surface area contributed by atoms with Crippen LogP contribution in [0.3, 0.4) is 0 Å². The molecule has 0 spiro atoms. The van der Waals surface area contributed by atoms with Crippen LogP contribution in [0.1, 0.15) is 6.92 Å². The molecule has 0 aliphatic heterocycles. The second-order valence-corrected chi connectivity index (χ2v) is 4.29. The van der Waals surface area contributed by atoms with Crippen LogP contribution in [-0.4, -0.2) is 69.9 Å². The highest BCUT2D eigenvalue weighted by Crippen LogP contribution is 2.15. The number of hydrogen-bond donors (Lipinski definition) is 2. The molecule has 1 amide bonds. The van der Waals surface area contributed by atoms with E-state index in [0.717, 1.165) is 7.05 Å². The number of alkyl halides is 3. The van der Waals surface area contributed by atoms with Crippen molar-refractivity contribution in [3.05, 3.63) is 0 Å². The third-order valence-corrected chi connectivity index (χ3v) is 2.27. The van der Waals surface area contributed by atoms with Crippen LogP contribution >= 0.6 is 0 Å². The summed E-state index contributed by atoms with van der Waals surface area (Å²) >= 11 is 0. The average molecular weight is 298 g/mol. The minimum Gasteiger partial charge on any atom is -0.383 e. The number of guanidine groups is 1. The van der Waals surface area contributed by atoms with Crippen molar-refractivity contribution in [3.63, 3.8) is 0 Å². The van der Waals surface area contributed by atoms with Gasteiger partial charge in [-0.3, -0.25) is 9.79 Å². The van der Waals surface area contributed by atoms with Gasteiger partial charge in [-0.15, -0.1) is 0 Å². The molecule has 0 aliphatic carbocycles. The zero-order valence-electron chi connectivity index (χ0n) is 12.0. The first-order valence-corrected chi connectivity index (χ1v) is 5.96. The van der Waals surface area contributed by atoms with E-state index in [0.29, 0.717) is 17.5 Å². The standard InChI is InChI=1S/C11H21F3N4O2/c1-8(6-20-4)17-10(15-2)16-5-9(19)18(3)7-11(12,13)14/h8H,5-7H2,1-4H3,(H2,15,16,17). The molecule has 1 atom stereocenters. The molecule has 1 unspecified atom stereocenters. The minimum absolute atomic E-state index is 0.0470. The number of amides is 1. The van der Waals surface area contributed by atoms with E-state index in [-0.39, 0.29) is 12.6 Å². The number of methoxy groups -OCH3 is 1. The second kappa shape index (κ2) is 8.62. The van der Waals surface area contributed by atoms with E-state index in [1.54, 1.807) is 7.11 Å². The van der Waals surface area contributed by atoms with Gasteiger partial charge in [0.2, 0.25) is 5.91 Å². The quantitative estimate of drug-likeness (QED) is 0.543. The first kappa shape index (κ1) is 18.5. The lowest BCUT2D eigenvalue weighted by Gasteiger charge is -2.21. The summed E-state index contributed by atoms with van der Waals surface area (Å²) in [5.74, 6) is -0.354. The van der Waals surface area contributed by atoms with Crippen LogP contribution in [0.25, 0.3) is 0 Å². The highest BCUT2D eigenvalue weighted by atomic mass is 19.4. The summed E-state index contributed by atoms with van der Waals surface area (Å²) in [5.41, 5.74) is 0. The molecular formula is C11H21F3N4O2. The Morgan fingerprint density at radius 3 is 2.50 bits per heavy atom. The summed E-state index contributed by atoms with van der Waals surface area (Å²) in [6.45, 7) is 0.724. The lowest BCUT2D eigenvalue weighted by molar-refractivity contribution is -0.157. The number of hydrogen-bond acceptors (Lipinski definition) is 3. The molecule has 6 nitrogen and oxygen atoms in total. The summed E-state index contributed by atoms with van der Waals surface area (Å²) in [7, 11) is 4.14. The lowest BCUT2D eigenvalue weighted by atomic mass is 10.4. The predicted octanol–water partition coefficient (Wildman–Crippen LogP) is 0.207. The van der Waals surface area contributed by atoms with Crippen molar-refractivity contribution in [2.75, 3.05) is 40.9 Å².